The quantitative estimate of drug-likeness (QED) is 0.399. The highest BCUT2D eigenvalue weighted by atomic mass is 19.3. The number of likely N-dealkylation sites (tertiary alicyclic amines) is 1. The number of methoxy groups -OCH3 is 1. The van der Waals surface area contributed by atoms with Crippen LogP contribution in [-0.4, -0.2) is 84.1 Å². The average molecular weight is 489 g/mol. The standard InChI is InChI=1S/C24H30F2N6O3/c1-29(13-14-35-2)28-22-15-20(7-10-31(22)17-33)32(19-4-5-19)21-6-3-18(16-27-21)23(34)30-11-8-24(25,26)9-12-30/h3,6-7,10,15-17,19H,4-5,8-9,11-14H2,1-2H3/b28-22-. The van der Waals surface area contributed by atoms with Gasteiger partial charge in [-0.15, -0.1) is 0 Å². The molecule has 2 aromatic heterocycles. The molecule has 1 saturated carbocycles. The number of ether oxygens (including phenoxy) is 1. The van der Waals surface area contributed by atoms with Crippen LogP contribution in [0.4, 0.5) is 20.3 Å². The lowest BCUT2D eigenvalue weighted by Gasteiger charge is -2.31. The lowest BCUT2D eigenvalue weighted by molar-refractivity contribution is -0.0494. The molecule has 0 unspecified atom stereocenters. The van der Waals surface area contributed by atoms with E-state index in [4.69, 9.17) is 4.74 Å². The molecule has 0 bridgehead atoms. The predicted molar refractivity (Wildman–Crippen MR) is 126 cm³/mol. The number of likely N-dealkylation sites (N-methyl/N-ethyl adjacent to an activating group) is 1. The van der Waals surface area contributed by atoms with Gasteiger partial charge in [-0.25, -0.2) is 13.8 Å². The number of carbonyl (C=O) groups excluding carboxylic acids is 2. The molecule has 2 aliphatic rings. The molecule has 1 aliphatic heterocycles. The van der Waals surface area contributed by atoms with Crippen LogP contribution in [0.2, 0.25) is 0 Å². The van der Waals surface area contributed by atoms with Crippen molar-refractivity contribution < 1.29 is 23.1 Å². The Hall–Kier alpha value is -3.34. The van der Waals surface area contributed by atoms with Gasteiger partial charge in [0.15, 0.2) is 5.49 Å². The number of nitrogens with zero attached hydrogens (tertiary/aromatic N) is 6. The van der Waals surface area contributed by atoms with Crippen molar-refractivity contribution in [3.05, 3.63) is 47.7 Å². The fourth-order valence-electron chi connectivity index (χ4n) is 3.99. The summed E-state index contributed by atoms with van der Waals surface area (Å²) >= 11 is 0. The number of anilines is 2. The lowest BCUT2D eigenvalue weighted by atomic mass is 10.1. The summed E-state index contributed by atoms with van der Waals surface area (Å²) in [6.07, 6.45) is 5.21. The fourth-order valence-corrected chi connectivity index (χ4v) is 3.99. The van der Waals surface area contributed by atoms with Gasteiger partial charge in [0.2, 0.25) is 6.41 Å². The van der Waals surface area contributed by atoms with Crippen molar-refractivity contribution in [2.45, 2.75) is 37.6 Å². The van der Waals surface area contributed by atoms with Gasteiger partial charge in [-0.2, -0.15) is 5.10 Å². The minimum absolute atomic E-state index is 0.0354. The maximum absolute atomic E-state index is 13.4. The molecule has 1 saturated heterocycles. The van der Waals surface area contributed by atoms with Crippen molar-refractivity contribution in [2.24, 2.45) is 5.10 Å². The summed E-state index contributed by atoms with van der Waals surface area (Å²) < 4.78 is 33.4. The van der Waals surface area contributed by atoms with Crippen molar-refractivity contribution in [1.82, 2.24) is 19.5 Å². The summed E-state index contributed by atoms with van der Waals surface area (Å²) in [6.45, 7) is 1.14. The maximum Gasteiger partial charge on any atom is 0.255 e. The van der Waals surface area contributed by atoms with Gasteiger partial charge in [-0.05, 0) is 31.0 Å². The summed E-state index contributed by atoms with van der Waals surface area (Å²) in [6, 6.07) is 7.36. The molecule has 188 valence electrons. The summed E-state index contributed by atoms with van der Waals surface area (Å²) in [4.78, 5) is 32.4. The van der Waals surface area contributed by atoms with Gasteiger partial charge in [-0.3, -0.25) is 19.2 Å². The lowest BCUT2D eigenvalue weighted by Crippen LogP contribution is -2.42. The molecular formula is C24H30F2N6O3. The Balaban J connectivity index is 1.57. The van der Waals surface area contributed by atoms with Crippen LogP contribution in [0.25, 0.3) is 0 Å². The van der Waals surface area contributed by atoms with Crippen molar-refractivity contribution in [1.29, 1.82) is 0 Å². The minimum Gasteiger partial charge on any atom is -0.383 e. The number of hydrogen-bond donors (Lipinski definition) is 0. The van der Waals surface area contributed by atoms with Crippen LogP contribution in [0.1, 0.15) is 36.0 Å². The van der Waals surface area contributed by atoms with Gasteiger partial charge in [0.05, 0.1) is 18.7 Å². The van der Waals surface area contributed by atoms with Gasteiger partial charge in [0.25, 0.3) is 11.8 Å². The zero-order valence-electron chi connectivity index (χ0n) is 19.9. The molecule has 0 atom stereocenters. The normalized spacial score (nSPS) is 17.8. The molecule has 9 nitrogen and oxygen atoms in total. The van der Waals surface area contributed by atoms with E-state index in [1.807, 2.05) is 12.1 Å². The van der Waals surface area contributed by atoms with Crippen molar-refractivity contribution in [2.75, 3.05) is 45.3 Å². The molecule has 1 aliphatic carbocycles. The monoisotopic (exact) mass is 488 g/mol. The number of piperidine rings is 1. The van der Waals surface area contributed by atoms with Crippen molar-refractivity contribution in [3.63, 3.8) is 0 Å². The second-order valence-electron chi connectivity index (χ2n) is 8.88. The highest BCUT2D eigenvalue weighted by Crippen LogP contribution is 2.36. The topological polar surface area (TPSA) is 83.3 Å². The van der Waals surface area contributed by atoms with Crippen LogP contribution in [-0.2, 0) is 9.53 Å². The smallest absolute Gasteiger partial charge is 0.255 e. The Morgan fingerprint density at radius 2 is 2.03 bits per heavy atom. The fraction of sp³-hybridized carbons (Fsp3) is 0.500. The van der Waals surface area contributed by atoms with E-state index in [0.717, 1.165) is 18.5 Å². The molecule has 0 radical (unpaired) electrons. The van der Waals surface area contributed by atoms with Crippen LogP contribution >= 0.6 is 0 Å². The van der Waals surface area contributed by atoms with E-state index < -0.39 is 5.92 Å². The molecule has 11 heteroatoms. The third kappa shape index (κ3) is 6.02. The number of rotatable bonds is 9. The van der Waals surface area contributed by atoms with E-state index in [1.54, 1.807) is 37.5 Å². The Kier molecular flexibility index (Phi) is 7.44. The third-order valence-corrected chi connectivity index (χ3v) is 6.17. The van der Waals surface area contributed by atoms with Crippen molar-refractivity contribution in [3.8, 4) is 0 Å². The average Bonchev–Trinajstić information content (AvgIpc) is 3.68. The SMILES string of the molecule is COCCN(C)/N=c1/cc(N(c2ccc(C(=O)N3CCC(F)(F)CC3)cn2)C2CC2)ccn1C=O. The molecule has 35 heavy (non-hydrogen) atoms. The van der Waals surface area contributed by atoms with Crippen LogP contribution in [0, 0.1) is 0 Å². The van der Waals surface area contributed by atoms with E-state index >= 15 is 0 Å². The molecule has 3 heterocycles. The molecule has 0 aromatic carbocycles. The molecule has 0 spiro atoms. The van der Waals surface area contributed by atoms with Crippen LogP contribution < -0.4 is 10.4 Å². The van der Waals surface area contributed by atoms with Gasteiger partial charge in [0, 0.05) is 70.3 Å². The number of hydrogen-bond acceptors (Lipinski definition) is 7. The molecule has 1 amide bonds. The van der Waals surface area contributed by atoms with Crippen LogP contribution in [0.3, 0.4) is 0 Å². The summed E-state index contributed by atoms with van der Waals surface area (Å²) in [7, 11) is 3.42. The Labute approximate surface area is 202 Å². The highest BCUT2D eigenvalue weighted by molar-refractivity contribution is 5.94. The van der Waals surface area contributed by atoms with E-state index in [-0.39, 0.29) is 37.9 Å². The molecule has 2 aromatic rings. The first-order chi connectivity index (χ1) is 16.8. The van der Waals surface area contributed by atoms with Gasteiger partial charge in [0.1, 0.15) is 5.82 Å². The van der Waals surface area contributed by atoms with E-state index in [0.29, 0.717) is 36.4 Å². The third-order valence-electron chi connectivity index (χ3n) is 6.17. The first-order valence-corrected chi connectivity index (χ1v) is 11.7. The second-order valence-corrected chi connectivity index (χ2v) is 8.88. The first-order valence-electron chi connectivity index (χ1n) is 11.7. The summed E-state index contributed by atoms with van der Waals surface area (Å²) in [5.74, 6) is -2.33. The van der Waals surface area contributed by atoms with Gasteiger partial charge >= 0.3 is 0 Å². The highest BCUT2D eigenvalue weighted by Gasteiger charge is 2.36. The minimum atomic E-state index is -2.70. The second kappa shape index (κ2) is 10.5. The van der Waals surface area contributed by atoms with Gasteiger partial charge < -0.3 is 14.5 Å². The molecule has 2 fully saturated rings. The van der Waals surface area contributed by atoms with Crippen LogP contribution in [0.15, 0.2) is 41.8 Å². The first kappa shape index (κ1) is 24.8. The van der Waals surface area contributed by atoms with Crippen LogP contribution in [0.5, 0.6) is 0 Å². The maximum atomic E-state index is 13.4. The number of carbonyl (C=O) groups is 2. The number of aromatic nitrogens is 2. The zero-order valence-corrected chi connectivity index (χ0v) is 19.9. The number of alkyl halides is 2. The Bertz CT molecular complexity index is 1110. The molecular weight excluding hydrogens is 458 g/mol. The van der Waals surface area contributed by atoms with E-state index in [9.17, 15) is 18.4 Å². The molecule has 4 rings (SSSR count). The summed E-state index contributed by atoms with van der Waals surface area (Å²) in [5.41, 5.74) is 1.67. The van der Waals surface area contributed by atoms with Crippen molar-refractivity contribution >= 4 is 23.8 Å². The summed E-state index contributed by atoms with van der Waals surface area (Å²) in [5, 5.41) is 6.23. The number of pyridine rings is 2. The van der Waals surface area contributed by atoms with E-state index in [2.05, 4.69) is 15.0 Å². The largest absolute Gasteiger partial charge is 0.383 e. The number of amides is 1. The number of halogens is 2. The predicted octanol–water partition coefficient (Wildman–Crippen LogP) is 2.49. The van der Waals surface area contributed by atoms with E-state index in [1.165, 1.54) is 15.7 Å². The molecule has 0 N–H and O–H groups in total. The zero-order chi connectivity index (χ0) is 25.0. The van der Waals surface area contributed by atoms with Gasteiger partial charge in [-0.1, -0.05) is 0 Å². The Morgan fingerprint density at radius 3 is 2.63 bits per heavy atom. The Morgan fingerprint density at radius 1 is 1.29 bits per heavy atom.